The maximum absolute atomic E-state index is 5.93. The van der Waals surface area contributed by atoms with Gasteiger partial charge in [0.2, 0.25) is 0 Å². The van der Waals surface area contributed by atoms with Crippen molar-refractivity contribution in [2.75, 3.05) is 13.1 Å². The van der Waals surface area contributed by atoms with Crippen molar-refractivity contribution in [3.8, 4) is 0 Å². The Labute approximate surface area is 95.6 Å². The predicted molar refractivity (Wildman–Crippen MR) is 62.2 cm³/mol. The molecule has 0 unspecified atom stereocenters. The van der Waals surface area contributed by atoms with Crippen LogP contribution in [-0.4, -0.2) is 19.2 Å². The average molecular weight is 226 g/mol. The van der Waals surface area contributed by atoms with E-state index in [9.17, 15) is 0 Å². The number of halogens is 1. The fourth-order valence-electron chi connectivity index (χ4n) is 1.85. The molecule has 0 radical (unpaired) electrons. The van der Waals surface area contributed by atoms with Gasteiger partial charge >= 0.3 is 0 Å². The van der Waals surface area contributed by atoms with Gasteiger partial charge in [-0.25, -0.2) is 0 Å². The molecule has 2 nitrogen and oxygen atoms in total. The molecule has 0 spiro atoms. The zero-order chi connectivity index (χ0) is 10.7. The van der Waals surface area contributed by atoms with Crippen molar-refractivity contribution in [2.24, 2.45) is 0 Å². The standard InChI is InChI=1S/C12H16ClNO/c1-9(15-12-6-7-14-8-12)10-2-4-11(13)5-3-10/h2-5,9,12,14H,6-8H2,1H3/t9-,12-/m1/s1. The monoisotopic (exact) mass is 225 g/mol. The van der Waals surface area contributed by atoms with E-state index < -0.39 is 0 Å². The fourth-order valence-corrected chi connectivity index (χ4v) is 1.97. The first kappa shape index (κ1) is 10.9. The van der Waals surface area contributed by atoms with E-state index in [4.69, 9.17) is 16.3 Å². The van der Waals surface area contributed by atoms with Gasteiger partial charge in [0.1, 0.15) is 0 Å². The molecule has 0 bridgehead atoms. The molecule has 0 aromatic heterocycles. The summed E-state index contributed by atoms with van der Waals surface area (Å²) in [6.45, 7) is 4.12. The first-order valence-electron chi connectivity index (χ1n) is 5.37. The molecule has 1 heterocycles. The lowest BCUT2D eigenvalue weighted by Gasteiger charge is -2.18. The molecule has 1 N–H and O–H groups in total. The Morgan fingerprint density at radius 3 is 2.73 bits per heavy atom. The maximum atomic E-state index is 5.93. The Hall–Kier alpha value is -0.570. The van der Waals surface area contributed by atoms with Gasteiger partial charge in [-0.1, -0.05) is 23.7 Å². The van der Waals surface area contributed by atoms with E-state index in [2.05, 4.69) is 12.2 Å². The van der Waals surface area contributed by atoms with E-state index in [1.807, 2.05) is 24.3 Å². The summed E-state index contributed by atoms with van der Waals surface area (Å²) in [5.74, 6) is 0. The molecule has 82 valence electrons. The molecule has 0 aliphatic carbocycles. The molecule has 3 heteroatoms. The van der Waals surface area contributed by atoms with Gasteiger partial charge in [0.25, 0.3) is 0 Å². The smallest absolute Gasteiger partial charge is 0.0801 e. The number of ether oxygens (including phenoxy) is 1. The molecule has 1 saturated heterocycles. The third-order valence-electron chi connectivity index (χ3n) is 2.75. The third kappa shape index (κ3) is 2.94. The topological polar surface area (TPSA) is 21.3 Å². The van der Waals surface area contributed by atoms with E-state index in [0.29, 0.717) is 6.10 Å². The highest BCUT2D eigenvalue weighted by Gasteiger charge is 2.18. The van der Waals surface area contributed by atoms with Gasteiger partial charge in [0.15, 0.2) is 0 Å². The van der Waals surface area contributed by atoms with Crippen molar-refractivity contribution < 1.29 is 4.74 Å². The molecule has 2 atom stereocenters. The average Bonchev–Trinajstić information content (AvgIpc) is 2.71. The summed E-state index contributed by atoms with van der Waals surface area (Å²) in [6.07, 6.45) is 1.61. The third-order valence-corrected chi connectivity index (χ3v) is 3.00. The number of nitrogens with one attached hydrogen (secondary N) is 1. The van der Waals surface area contributed by atoms with Crippen LogP contribution in [0.5, 0.6) is 0 Å². The quantitative estimate of drug-likeness (QED) is 0.854. The zero-order valence-corrected chi connectivity index (χ0v) is 9.63. The second-order valence-corrected chi connectivity index (χ2v) is 4.38. The summed E-state index contributed by atoms with van der Waals surface area (Å²) < 4.78 is 5.93. The molecule has 0 amide bonds. The van der Waals surface area contributed by atoms with Crippen LogP contribution >= 0.6 is 11.6 Å². The predicted octanol–water partition coefficient (Wildman–Crippen LogP) is 2.78. The van der Waals surface area contributed by atoms with Crippen LogP contribution in [0.2, 0.25) is 5.02 Å². The largest absolute Gasteiger partial charge is 0.369 e. The summed E-state index contributed by atoms with van der Waals surface area (Å²) in [5.41, 5.74) is 1.19. The van der Waals surface area contributed by atoms with Crippen LogP contribution in [0.3, 0.4) is 0 Å². The number of hydrogen-bond donors (Lipinski definition) is 1. The van der Waals surface area contributed by atoms with E-state index in [1.54, 1.807) is 0 Å². The molecular weight excluding hydrogens is 210 g/mol. The van der Waals surface area contributed by atoms with E-state index in [1.165, 1.54) is 5.56 Å². The first-order chi connectivity index (χ1) is 7.25. The summed E-state index contributed by atoms with van der Waals surface area (Å²) in [7, 11) is 0. The number of rotatable bonds is 3. The molecule has 15 heavy (non-hydrogen) atoms. The molecule has 1 aromatic carbocycles. The van der Waals surface area contributed by atoms with Crippen molar-refractivity contribution in [1.82, 2.24) is 5.32 Å². The fraction of sp³-hybridized carbons (Fsp3) is 0.500. The lowest BCUT2D eigenvalue weighted by atomic mass is 10.1. The van der Waals surface area contributed by atoms with E-state index >= 15 is 0 Å². The summed E-state index contributed by atoms with van der Waals surface area (Å²) in [4.78, 5) is 0. The summed E-state index contributed by atoms with van der Waals surface area (Å²) >= 11 is 5.84. The number of hydrogen-bond acceptors (Lipinski definition) is 2. The van der Waals surface area contributed by atoms with Crippen molar-refractivity contribution >= 4 is 11.6 Å². The highest BCUT2D eigenvalue weighted by molar-refractivity contribution is 6.30. The van der Waals surface area contributed by atoms with Crippen molar-refractivity contribution in [3.05, 3.63) is 34.9 Å². The minimum Gasteiger partial charge on any atom is -0.369 e. The number of benzene rings is 1. The minimum atomic E-state index is 0.146. The van der Waals surface area contributed by atoms with Gasteiger partial charge in [-0.2, -0.15) is 0 Å². The molecule has 1 fully saturated rings. The van der Waals surface area contributed by atoms with Crippen molar-refractivity contribution in [2.45, 2.75) is 25.6 Å². The molecule has 1 aromatic rings. The highest BCUT2D eigenvalue weighted by atomic mass is 35.5. The van der Waals surface area contributed by atoms with Gasteiger partial charge in [0.05, 0.1) is 12.2 Å². The molecular formula is C12H16ClNO. The van der Waals surface area contributed by atoms with Gasteiger partial charge in [-0.05, 0) is 37.6 Å². The van der Waals surface area contributed by atoms with Gasteiger partial charge in [0, 0.05) is 11.6 Å². The molecule has 2 rings (SSSR count). The van der Waals surface area contributed by atoms with Gasteiger partial charge < -0.3 is 10.1 Å². The Morgan fingerprint density at radius 2 is 2.13 bits per heavy atom. The van der Waals surface area contributed by atoms with Crippen LogP contribution in [0.4, 0.5) is 0 Å². The van der Waals surface area contributed by atoms with Gasteiger partial charge in [-0.3, -0.25) is 0 Å². The van der Waals surface area contributed by atoms with Crippen LogP contribution in [-0.2, 0) is 4.74 Å². The van der Waals surface area contributed by atoms with Crippen LogP contribution in [0.1, 0.15) is 25.0 Å². The second-order valence-electron chi connectivity index (χ2n) is 3.94. The van der Waals surface area contributed by atoms with Crippen molar-refractivity contribution in [3.63, 3.8) is 0 Å². The highest BCUT2D eigenvalue weighted by Crippen LogP contribution is 2.22. The molecule has 0 saturated carbocycles. The zero-order valence-electron chi connectivity index (χ0n) is 8.87. The first-order valence-corrected chi connectivity index (χ1v) is 5.75. The lowest BCUT2D eigenvalue weighted by Crippen LogP contribution is -2.18. The summed E-state index contributed by atoms with van der Waals surface area (Å²) in [5, 5.41) is 4.06. The van der Waals surface area contributed by atoms with Gasteiger partial charge in [-0.15, -0.1) is 0 Å². The normalized spacial score (nSPS) is 22.9. The van der Waals surface area contributed by atoms with Crippen molar-refractivity contribution in [1.29, 1.82) is 0 Å². The second kappa shape index (κ2) is 4.97. The lowest BCUT2D eigenvalue weighted by molar-refractivity contribution is 0.00829. The maximum Gasteiger partial charge on any atom is 0.0801 e. The Morgan fingerprint density at radius 1 is 1.40 bits per heavy atom. The van der Waals surface area contributed by atoms with E-state index in [-0.39, 0.29) is 6.10 Å². The van der Waals surface area contributed by atoms with Crippen LogP contribution in [0.15, 0.2) is 24.3 Å². The Bertz CT molecular complexity index is 306. The molecule has 1 aliphatic rings. The molecule has 1 aliphatic heterocycles. The minimum absolute atomic E-state index is 0.146. The summed E-state index contributed by atoms with van der Waals surface area (Å²) in [6, 6.07) is 7.86. The SMILES string of the molecule is C[C@@H](O[C@@H]1CCNC1)c1ccc(Cl)cc1. The van der Waals surface area contributed by atoms with Crippen LogP contribution < -0.4 is 5.32 Å². The van der Waals surface area contributed by atoms with E-state index in [0.717, 1.165) is 24.5 Å². The Balaban J connectivity index is 1.94. The Kier molecular flexibility index (Phi) is 3.62. The van der Waals surface area contributed by atoms with Crippen LogP contribution in [0.25, 0.3) is 0 Å². The van der Waals surface area contributed by atoms with Crippen LogP contribution in [0, 0.1) is 0 Å².